The molecule has 1 rings (SSSR count). The van der Waals surface area contributed by atoms with Gasteiger partial charge in [-0.15, -0.1) is 0 Å². The topological polar surface area (TPSA) is 52.6 Å². The highest BCUT2D eigenvalue weighted by Crippen LogP contribution is 2.10. The standard InChI is InChI=1S/C14H21ClN2O2/c1-14(19,10-17(2)3)9-16-13(18)8-11-4-6-12(15)7-5-11/h4-7,19H,8-10H2,1-3H3,(H,16,18). The quantitative estimate of drug-likeness (QED) is 0.828. The maximum absolute atomic E-state index is 11.8. The van der Waals surface area contributed by atoms with Gasteiger partial charge in [-0.05, 0) is 38.7 Å². The first-order chi connectivity index (χ1) is 8.78. The summed E-state index contributed by atoms with van der Waals surface area (Å²) in [6.07, 6.45) is 0.287. The molecule has 0 aliphatic carbocycles. The zero-order valence-electron chi connectivity index (χ0n) is 11.6. The number of aliphatic hydroxyl groups is 1. The summed E-state index contributed by atoms with van der Waals surface area (Å²) in [5, 5.41) is 13.5. The zero-order valence-corrected chi connectivity index (χ0v) is 12.4. The number of nitrogens with one attached hydrogen (secondary N) is 1. The lowest BCUT2D eigenvalue weighted by Crippen LogP contribution is -2.47. The van der Waals surface area contributed by atoms with Crippen LogP contribution in [0, 0.1) is 0 Å². The van der Waals surface area contributed by atoms with E-state index in [1.807, 2.05) is 31.1 Å². The molecule has 0 aromatic heterocycles. The number of rotatable bonds is 6. The average Bonchev–Trinajstić information content (AvgIpc) is 2.28. The lowest BCUT2D eigenvalue weighted by atomic mass is 10.1. The summed E-state index contributed by atoms with van der Waals surface area (Å²) in [6, 6.07) is 7.15. The Hall–Kier alpha value is -1.10. The SMILES string of the molecule is CN(C)CC(C)(O)CNC(=O)Cc1ccc(Cl)cc1. The molecule has 1 unspecified atom stereocenters. The van der Waals surface area contributed by atoms with Crippen LogP contribution in [0.3, 0.4) is 0 Å². The number of amides is 1. The van der Waals surface area contributed by atoms with Crippen molar-refractivity contribution in [2.75, 3.05) is 27.2 Å². The summed E-state index contributed by atoms with van der Waals surface area (Å²) in [5.74, 6) is -0.110. The first-order valence-electron chi connectivity index (χ1n) is 6.17. The Morgan fingerprint density at radius 3 is 2.47 bits per heavy atom. The summed E-state index contributed by atoms with van der Waals surface area (Å²) in [6.45, 7) is 2.43. The van der Waals surface area contributed by atoms with Gasteiger partial charge in [-0.1, -0.05) is 23.7 Å². The summed E-state index contributed by atoms with van der Waals surface area (Å²) in [5.41, 5.74) is -0.0340. The van der Waals surface area contributed by atoms with Gasteiger partial charge in [0.1, 0.15) is 0 Å². The molecule has 0 saturated heterocycles. The molecule has 0 saturated carbocycles. The molecule has 0 fully saturated rings. The van der Waals surface area contributed by atoms with E-state index in [2.05, 4.69) is 5.32 Å². The van der Waals surface area contributed by atoms with E-state index in [-0.39, 0.29) is 18.9 Å². The Balaban J connectivity index is 2.41. The lowest BCUT2D eigenvalue weighted by Gasteiger charge is -2.27. The molecule has 1 amide bonds. The Labute approximate surface area is 119 Å². The Morgan fingerprint density at radius 2 is 1.95 bits per heavy atom. The van der Waals surface area contributed by atoms with Gasteiger partial charge in [0.25, 0.3) is 0 Å². The molecule has 0 spiro atoms. The molecule has 1 aromatic rings. The van der Waals surface area contributed by atoms with E-state index in [0.29, 0.717) is 11.6 Å². The van der Waals surface area contributed by atoms with Crippen molar-refractivity contribution in [2.45, 2.75) is 18.9 Å². The molecule has 0 aliphatic heterocycles. The maximum Gasteiger partial charge on any atom is 0.224 e. The van der Waals surface area contributed by atoms with Gasteiger partial charge in [-0.3, -0.25) is 4.79 Å². The van der Waals surface area contributed by atoms with Gasteiger partial charge in [0, 0.05) is 18.1 Å². The van der Waals surface area contributed by atoms with Crippen LogP contribution in [0.15, 0.2) is 24.3 Å². The lowest BCUT2D eigenvalue weighted by molar-refractivity contribution is -0.121. The fourth-order valence-corrected chi connectivity index (χ4v) is 2.00. The van der Waals surface area contributed by atoms with Crippen LogP contribution in [-0.4, -0.2) is 48.7 Å². The molecule has 4 nitrogen and oxygen atoms in total. The molecule has 0 radical (unpaired) electrons. The minimum absolute atomic E-state index is 0.110. The number of likely N-dealkylation sites (N-methyl/N-ethyl adjacent to an activating group) is 1. The second-order valence-electron chi connectivity index (χ2n) is 5.31. The largest absolute Gasteiger partial charge is 0.387 e. The average molecular weight is 285 g/mol. The predicted octanol–water partition coefficient (Wildman–Crippen LogP) is 1.31. The summed E-state index contributed by atoms with van der Waals surface area (Å²) in [7, 11) is 3.76. The first kappa shape index (κ1) is 16.0. The van der Waals surface area contributed by atoms with Crippen LogP contribution in [0.4, 0.5) is 0 Å². The van der Waals surface area contributed by atoms with E-state index in [9.17, 15) is 9.90 Å². The number of carbonyl (C=O) groups excluding carboxylic acids is 1. The fourth-order valence-electron chi connectivity index (χ4n) is 1.88. The number of carbonyl (C=O) groups is 1. The second kappa shape index (κ2) is 6.89. The van der Waals surface area contributed by atoms with Gasteiger partial charge in [0.05, 0.1) is 12.0 Å². The maximum atomic E-state index is 11.8. The number of hydrogen-bond donors (Lipinski definition) is 2. The van der Waals surface area contributed by atoms with E-state index in [1.165, 1.54) is 0 Å². The van der Waals surface area contributed by atoms with Crippen LogP contribution in [0.25, 0.3) is 0 Å². The van der Waals surface area contributed by atoms with Crippen LogP contribution < -0.4 is 5.32 Å². The number of halogens is 1. The van der Waals surface area contributed by atoms with E-state index in [0.717, 1.165) is 5.56 Å². The fraction of sp³-hybridized carbons (Fsp3) is 0.500. The summed E-state index contributed by atoms with van der Waals surface area (Å²) in [4.78, 5) is 13.6. The van der Waals surface area contributed by atoms with Gasteiger partial charge < -0.3 is 15.3 Å². The number of benzene rings is 1. The van der Waals surface area contributed by atoms with Crippen LogP contribution in [0.2, 0.25) is 5.02 Å². The first-order valence-corrected chi connectivity index (χ1v) is 6.54. The van der Waals surface area contributed by atoms with Crippen molar-refractivity contribution in [3.63, 3.8) is 0 Å². The number of nitrogens with zero attached hydrogens (tertiary/aromatic N) is 1. The molecule has 1 atom stereocenters. The third kappa shape index (κ3) is 6.57. The van der Waals surface area contributed by atoms with Gasteiger partial charge in [0.15, 0.2) is 0 Å². The number of hydrogen-bond acceptors (Lipinski definition) is 3. The van der Waals surface area contributed by atoms with Crippen molar-refractivity contribution in [3.8, 4) is 0 Å². The predicted molar refractivity (Wildman–Crippen MR) is 77.3 cm³/mol. The second-order valence-corrected chi connectivity index (χ2v) is 5.75. The molecule has 0 heterocycles. The van der Waals surface area contributed by atoms with Crippen molar-refractivity contribution in [2.24, 2.45) is 0 Å². The molecule has 5 heteroatoms. The molecule has 0 bridgehead atoms. The van der Waals surface area contributed by atoms with Crippen LogP contribution in [0.5, 0.6) is 0 Å². The Bertz CT molecular complexity index is 416. The van der Waals surface area contributed by atoms with Crippen molar-refractivity contribution in [3.05, 3.63) is 34.9 Å². The van der Waals surface area contributed by atoms with Gasteiger partial charge in [-0.2, -0.15) is 0 Å². The van der Waals surface area contributed by atoms with Crippen molar-refractivity contribution >= 4 is 17.5 Å². The summed E-state index contributed by atoms with van der Waals surface area (Å²) >= 11 is 5.78. The molecule has 106 valence electrons. The molecule has 0 aliphatic rings. The van der Waals surface area contributed by atoms with Gasteiger partial charge in [0.2, 0.25) is 5.91 Å². The van der Waals surface area contributed by atoms with Gasteiger partial charge in [-0.25, -0.2) is 0 Å². The minimum atomic E-state index is -0.931. The van der Waals surface area contributed by atoms with E-state index >= 15 is 0 Å². The minimum Gasteiger partial charge on any atom is -0.387 e. The Kier molecular flexibility index (Phi) is 5.79. The highest BCUT2D eigenvalue weighted by Gasteiger charge is 2.21. The zero-order chi connectivity index (χ0) is 14.5. The normalized spacial score (nSPS) is 14.2. The highest BCUT2D eigenvalue weighted by molar-refractivity contribution is 6.30. The molecular formula is C14H21ClN2O2. The molecule has 2 N–H and O–H groups in total. The summed E-state index contributed by atoms with van der Waals surface area (Å²) < 4.78 is 0. The van der Waals surface area contributed by atoms with Gasteiger partial charge >= 0.3 is 0 Å². The molecule has 1 aromatic carbocycles. The monoisotopic (exact) mass is 284 g/mol. The smallest absolute Gasteiger partial charge is 0.224 e. The molecular weight excluding hydrogens is 264 g/mol. The third-order valence-electron chi connectivity index (χ3n) is 2.60. The molecule has 19 heavy (non-hydrogen) atoms. The Morgan fingerprint density at radius 1 is 1.37 bits per heavy atom. The van der Waals surface area contributed by atoms with Crippen LogP contribution in [0.1, 0.15) is 12.5 Å². The van der Waals surface area contributed by atoms with Crippen molar-refractivity contribution in [1.82, 2.24) is 10.2 Å². The van der Waals surface area contributed by atoms with Crippen molar-refractivity contribution < 1.29 is 9.90 Å². The third-order valence-corrected chi connectivity index (χ3v) is 2.85. The van der Waals surface area contributed by atoms with E-state index < -0.39 is 5.60 Å². The highest BCUT2D eigenvalue weighted by atomic mass is 35.5. The van der Waals surface area contributed by atoms with Crippen molar-refractivity contribution in [1.29, 1.82) is 0 Å². The van der Waals surface area contributed by atoms with Crippen LogP contribution in [-0.2, 0) is 11.2 Å². The van der Waals surface area contributed by atoms with Crippen LogP contribution >= 0.6 is 11.6 Å². The van der Waals surface area contributed by atoms with E-state index in [1.54, 1.807) is 19.1 Å². The van der Waals surface area contributed by atoms with E-state index in [4.69, 9.17) is 11.6 Å².